The van der Waals surface area contributed by atoms with Gasteiger partial charge in [0.1, 0.15) is 7.11 Å². The molecule has 2 atom stereocenters. The number of rotatable bonds is 6. The normalized spacial score (nSPS) is 13.9. The van der Waals surface area contributed by atoms with Crippen molar-refractivity contribution in [3.63, 3.8) is 0 Å². The molecule has 2 unspecified atom stereocenters. The summed E-state index contributed by atoms with van der Waals surface area (Å²) in [7, 11) is 1.27. The van der Waals surface area contributed by atoms with E-state index in [1.165, 1.54) is 14.0 Å². The van der Waals surface area contributed by atoms with Gasteiger partial charge in [-0.25, -0.2) is 4.79 Å². The predicted octanol–water partition coefficient (Wildman–Crippen LogP) is -0.0120. The van der Waals surface area contributed by atoms with Gasteiger partial charge in [0.05, 0.1) is 6.21 Å². The molecular weight excluding hydrogens is 230 g/mol. The van der Waals surface area contributed by atoms with Crippen molar-refractivity contribution in [2.24, 2.45) is 5.16 Å². The van der Waals surface area contributed by atoms with Gasteiger partial charge < -0.3 is 19.4 Å². The first kappa shape index (κ1) is 15.1. The maximum atomic E-state index is 11.2. The Morgan fingerprint density at radius 1 is 1.35 bits per heavy atom. The maximum Gasteiger partial charge on any atom is 0.336 e. The van der Waals surface area contributed by atoms with Crippen molar-refractivity contribution in [1.29, 1.82) is 0 Å². The zero-order valence-electron chi connectivity index (χ0n) is 9.87. The molecular formula is C10H15NO6. The number of esters is 2. The van der Waals surface area contributed by atoms with E-state index < -0.39 is 24.3 Å². The lowest BCUT2D eigenvalue weighted by Gasteiger charge is -2.19. The molecule has 0 spiro atoms. The van der Waals surface area contributed by atoms with Gasteiger partial charge in [-0.1, -0.05) is 11.7 Å². The highest BCUT2D eigenvalue weighted by Crippen LogP contribution is 2.05. The average Bonchev–Trinajstić information content (AvgIpc) is 2.23. The molecule has 0 saturated carbocycles. The molecule has 0 aromatic rings. The van der Waals surface area contributed by atoms with E-state index in [0.717, 1.165) is 13.1 Å². The summed E-state index contributed by atoms with van der Waals surface area (Å²) in [4.78, 5) is 26.3. The van der Waals surface area contributed by atoms with Crippen LogP contribution in [0.5, 0.6) is 0 Å². The van der Waals surface area contributed by atoms with Gasteiger partial charge >= 0.3 is 11.9 Å². The summed E-state index contributed by atoms with van der Waals surface area (Å²) in [5.74, 6) is -1.50. The SMILES string of the molecule is C=C(C)C(=O)OC(OC(C)=O)C(O)C=NOC. The Bertz CT molecular complexity index is 325. The summed E-state index contributed by atoms with van der Waals surface area (Å²) in [5.41, 5.74) is 0.109. The smallest absolute Gasteiger partial charge is 0.336 e. The third-order valence-electron chi connectivity index (χ3n) is 1.45. The molecule has 0 aliphatic heterocycles. The van der Waals surface area contributed by atoms with Gasteiger partial charge in [-0.2, -0.15) is 0 Å². The molecule has 17 heavy (non-hydrogen) atoms. The molecule has 0 aromatic carbocycles. The Kier molecular flexibility index (Phi) is 6.57. The Morgan fingerprint density at radius 3 is 2.35 bits per heavy atom. The lowest BCUT2D eigenvalue weighted by Crippen LogP contribution is -2.36. The van der Waals surface area contributed by atoms with Crippen LogP contribution in [0.25, 0.3) is 0 Å². The zero-order chi connectivity index (χ0) is 13.4. The Morgan fingerprint density at radius 2 is 1.94 bits per heavy atom. The van der Waals surface area contributed by atoms with Crippen molar-refractivity contribution in [3.8, 4) is 0 Å². The highest BCUT2D eigenvalue weighted by atomic mass is 16.7. The minimum absolute atomic E-state index is 0.109. The van der Waals surface area contributed by atoms with Crippen LogP contribution in [0.4, 0.5) is 0 Å². The van der Waals surface area contributed by atoms with Crippen LogP contribution in [-0.4, -0.2) is 42.8 Å². The molecule has 1 N–H and O–H groups in total. The predicted molar refractivity (Wildman–Crippen MR) is 58.0 cm³/mol. The van der Waals surface area contributed by atoms with Gasteiger partial charge in [0, 0.05) is 12.5 Å². The van der Waals surface area contributed by atoms with Crippen LogP contribution in [-0.2, 0) is 23.9 Å². The lowest BCUT2D eigenvalue weighted by molar-refractivity contribution is -0.195. The Balaban J connectivity index is 4.63. The van der Waals surface area contributed by atoms with Crippen molar-refractivity contribution >= 4 is 18.2 Å². The summed E-state index contributed by atoms with van der Waals surface area (Å²) in [6.07, 6.45) is -1.99. The van der Waals surface area contributed by atoms with Crippen LogP contribution in [0.15, 0.2) is 17.3 Å². The minimum Gasteiger partial charge on any atom is -0.422 e. The summed E-state index contributed by atoms with van der Waals surface area (Å²) in [6, 6.07) is 0. The van der Waals surface area contributed by atoms with Crippen molar-refractivity contribution in [1.82, 2.24) is 0 Å². The standard InChI is InChI=1S/C10H15NO6/c1-6(2)9(14)17-10(16-7(3)12)8(13)5-11-15-4/h5,8,10,13H,1H2,2-4H3. The molecule has 0 heterocycles. The quantitative estimate of drug-likeness (QED) is 0.232. The number of aliphatic hydroxyl groups excluding tert-OH is 1. The second kappa shape index (κ2) is 7.39. The van der Waals surface area contributed by atoms with E-state index in [-0.39, 0.29) is 5.57 Å². The van der Waals surface area contributed by atoms with Crippen molar-refractivity contribution in [3.05, 3.63) is 12.2 Å². The monoisotopic (exact) mass is 245 g/mol. The molecule has 96 valence electrons. The molecule has 0 aliphatic rings. The van der Waals surface area contributed by atoms with Gasteiger partial charge in [-0.05, 0) is 6.92 Å². The second-order valence-corrected chi connectivity index (χ2v) is 3.09. The highest BCUT2D eigenvalue weighted by molar-refractivity contribution is 5.87. The average molecular weight is 245 g/mol. The van der Waals surface area contributed by atoms with E-state index in [9.17, 15) is 14.7 Å². The number of nitrogens with zero attached hydrogens (tertiary/aromatic N) is 1. The van der Waals surface area contributed by atoms with Crippen molar-refractivity contribution in [2.45, 2.75) is 26.2 Å². The van der Waals surface area contributed by atoms with Gasteiger partial charge in [-0.15, -0.1) is 0 Å². The summed E-state index contributed by atoms with van der Waals surface area (Å²) < 4.78 is 9.31. The van der Waals surface area contributed by atoms with Crippen molar-refractivity contribution < 1.29 is 29.0 Å². The van der Waals surface area contributed by atoms with Crippen LogP contribution in [0.1, 0.15) is 13.8 Å². The maximum absolute atomic E-state index is 11.2. The fraction of sp³-hybridized carbons (Fsp3) is 0.500. The first-order valence-electron chi connectivity index (χ1n) is 4.67. The summed E-state index contributed by atoms with van der Waals surface area (Å²) in [6.45, 7) is 5.89. The molecule has 0 rings (SSSR count). The molecule has 0 saturated heterocycles. The number of ether oxygens (including phenoxy) is 2. The first-order chi connectivity index (χ1) is 7.88. The Hall–Kier alpha value is -1.89. The molecule has 0 radical (unpaired) electrons. The van der Waals surface area contributed by atoms with Gasteiger partial charge in [-0.3, -0.25) is 4.79 Å². The van der Waals surface area contributed by atoms with Crippen LogP contribution in [0.2, 0.25) is 0 Å². The largest absolute Gasteiger partial charge is 0.422 e. The topological polar surface area (TPSA) is 94.4 Å². The fourth-order valence-corrected chi connectivity index (χ4v) is 0.727. The third-order valence-corrected chi connectivity index (χ3v) is 1.45. The van der Waals surface area contributed by atoms with E-state index >= 15 is 0 Å². The zero-order valence-corrected chi connectivity index (χ0v) is 9.87. The molecule has 0 aliphatic carbocycles. The van der Waals surface area contributed by atoms with Gasteiger partial charge in [0.25, 0.3) is 6.29 Å². The summed E-state index contributed by atoms with van der Waals surface area (Å²) >= 11 is 0. The van der Waals surface area contributed by atoms with Crippen LogP contribution < -0.4 is 0 Å². The summed E-state index contributed by atoms with van der Waals surface area (Å²) in [5, 5.41) is 12.8. The van der Waals surface area contributed by atoms with Crippen molar-refractivity contribution in [2.75, 3.05) is 7.11 Å². The number of hydrogen-bond donors (Lipinski definition) is 1. The van der Waals surface area contributed by atoms with Gasteiger partial charge in [0.2, 0.25) is 0 Å². The molecule has 0 amide bonds. The Labute approximate surface area is 98.6 Å². The van der Waals surface area contributed by atoms with E-state index in [4.69, 9.17) is 4.74 Å². The van der Waals surface area contributed by atoms with Crippen LogP contribution in [0.3, 0.4) is 0 Å². The van der Waals surface area contributed by atoms with Gasteiger partial charge in [0.15, 0.2) is 6.10 Å². The fourth-order valence-electron chi connectivity index (χ4n) is 0.727. The minimum atomic E-state index is -1.49. The third kappa shape index (κ3) is 6.31. The van der Waals surface area contributed by atoms with E-state index in [0.29, 0.717) is 0 Å². The van der Waals surface area contributed by atoms with E-state index in [1.807, 2.05) is 0 Å². The van der Waals surface area contributed by atoms with Crippen LogP contribution in [0, 0.1) is 0 Å². The number of carbonyl (C=O) groups is 2. The van der Waals surface area contributed by atoms with E-state index in [1.54, 1.807) is 0 Å². The highest BCUT2D eigenvalue weighted by Gasteiger charge is 2.25. The number of carbonyl (C=O) groups excluding carboxylic acids is 2. The molecule has 0 aromatic heterocycles. The first-order valence-corrected chi connectivity index (χ1v) is 4.67. The van der Waals surface area contributed by atoms with E-state index in [2.05, 4.69) is 21.3 Å². The lowest BCUT2D eigenvalue weighted by atomic mass is 10.3. The molecule has 7 heteroatoms. The number of oxime groups is 1. The number of aliphatic hydroxyl groups is 1. The molecule has 0 fully saturated rings. The van der Waals surface area contributed by atoms with Crippen LogP contribution >= 0.6 is 0 Å². The molecule has 0 bridgehead atoms. The second-order valence-electron chi connectivity index (χ2n) is 3.09. The molecule has 7 nitrogen and oxygen atoms in total. The number of hydrogen-bond acceptors (Lipinski definition) is 7.